The van der Waals surface area contributed by atoms with Gasteiger partial charge in [0.15, 0.2) is 0 Å². The average molecular weight is 389 g/mol. The highest BCUT2D eigenvalue weighted by Gasteiger charge is 2.54. The summed E-state index contributed by atoms with van der Waals surface area (Å²) in [7, 11) is 2.57. The number of hydrogen-bond acceptors (Lipinski definition) is 0. The first-order valence-electron chi connectivity index (χ1n) is 8.65. The molecule has 0 amide bonds. The Morgan fingerprint density at radius 3 is 2.80 bits per heavy atom. The van der Waals surface area contributed by atoms with Crippen LogP contribution in [0.15, 0.2) is 11.1 Å². The minimum absolute atomic E-state index is 0. The fraction of sp³-hybridized carbons (Fsp3) is 0.889. The molecule has 1 aliphatic carbocycles. The lowest BCUT2D eigenvalue weighted by atomic mass is 9.71. The van der Waals surface area contributed by atoms with Crippen molar-refractivity contribution in [2.45, 2.75) is 77.2 Å². The van der Waals surface area contributed by atoms with Crippen LogP contribution in [0.3, 0.4) is 0 Å². The molecule has 0 spiro atoms. The molecule has 0 aromatic heterocycles. The molecular weight excluding hydrogens is 357 g/mol. The summed E-state index contributed by atoms with van der Waals surface area (Å²) in [4.78, 5) is 0. The third-order valence-electron chi connectivity index (χ3n) is 6.75. The van der Waals surface area contributed by atoms with E-state index in [9.17, 15) is 0 Å². The highest BCUT2D eigenvalue weighted by Crippen LogP contribution is 2.51. The Hall–Kier alpha value is 0.430. The van der Waals surface area contributed by atoms with Gasteiger partial charge in [-0.3, -0.25) is 0 Å². The Bertz CT molecular complexity index is 389. The molecule has 0 aromatic rings. The molecule has 2 unspecified atom stereocenters. The number of likely N-dealkylation sites (N-methyl/N-ethyl adjacent to an activating group) is 1. The zero-order valence-corrected chi connectivity index (χ0v) is 15.8. The fourth-order valence-electron chi connectivity index (χ4n) is 5.27. The van der Waals surface area contributed by atoms with Crippen molar-refractivity contribution in [1.82, 2.24) is 0 Å². The molecular formula is C18H32IN. The molecule has 0 saturated carbocycles. The smallest absolute Gasteiger partial charge is 0.118 e. The van der Waals surface area contributed by atoms with Gasteiger partial charge in [0.2, 0.25) is 0 Å². The normalized spacial score (nSPS) is 40.0. The van der Waals surface area contributed by atoms with Crippen LogP contribution in [0.4, 0.5) is 0 Å². The molecule has 116 valence electrons. The van der Waals surface area contributed by atoms with Gasteiger partial charge in [-0.05, 0) is 44.6 Å². The van der Waals surface area contributed by atoms with Gasteiger partial charge in [-0.25, -0.2) is 0 Å². The lowest BCUT2D eigenvalue weighted by Gasteiger charge is -2.57. The second-order valence-electron chi connectivity index (χ2n) is 7.81. The Kier molecular flexibility index (Phi) is 5.27. The molecule has 0 N–H and O–H groups in total. The molecule has 2 heterocycles. The van der Waals surface area contributed by atoms with E-state index in [4.69, 9.17) is 0 Å². The highest BCUT2D eigenvalue weighted by molar-refractivity contribution is 5.30. The van der Waals surface area contributed by atoms with E-state index in [2.05, 4.69) is 20.9 Å². The maximum atomic E-state index is 2.60. The van der Waals surface area contributed by atoms with E-state index < -0.39 is 0 Å². The minimum atomic E-state index is 0. The van der Waals surface area contributed by atoms with Crippen LogP contribution in [0.2, 0.25) is 0 Å². The number of rotatable bonds is 3. The highest BCUT2D eigenvalue weighted by atomic mass is 127. The monoisotopic (exact) mass is 389 g/mol. The molecule has 2 heteroatoms. The van der Waals surface area contributed by atoms with Crippen LogP contribution in [-0.2, 0) is 0 Å². The molecule has 1 nitrogen and oxygen atoms in total. The van der Waals surface area contributed by atoms with Crippen LogP contribution >= 0.6 is 0 Å². The van der Waals surface area contributed by atoms with Gasteiger partial charge >= 0.3 is 0 Å². The lowest BCUT2D eigenvalue weighted by Crippen LogP contribution is -3.00. The van der Waals surface area contributed by atoms with Crippen molar-refractivity contribution < 1.29 is 28.5 Å². The molecule has 0 aromatic carbocycles. The van der Waals surface area contributed by atoms with Crippen molar-refractivity contribution in [3.63, 3.8) is 0 Å². The quantitative estimate of drug-likeness (QED) is 0.392. The number of halogens is 1. The van der Waals surface area contributed by atoms with Gasteiger partial charge < -0.3 is 28.5 Å². The van der Waals surface area contributed by atoms with E-state index in [-0.39, 0.29) is 24.0 Å². The van der Waals surface area contributed by atoms with Crippen LogP contribution in [0, 0.1) is 5.92 Å². The molecule has 0 bridgehead atoms. The first-order valence-corrected chi connectivity index (χ1v) is 8.65. The third kappa shape index (κ3) is 2.60. The predicted molar refractivity (Wildman–Crippen MR) is 82.1 cm³/mol. The first-order chi connectivity index (χ1) is 9.09. The van der Waals surface area contributed by atoms with Gasteiger partial charge in [-0.15, -0.1) is 0 Å². The van der Waals surface area contributed by atoms with Crippen molar-refractivity contribution in [3.8, 4) is 0 Å². The SMILES string of the molecule is CCCCC1CC[C@]2(C)C3=C(CCC3)CC[N+]2(C)C1.[I-]. The summed E-state index contributed by atoms with van der Waals surface area (Å²) in [6.07, 6.45) is 12.9. The van der Waals surface area contributed by atoms with Crippen LogP contribution in [0.5, 0.6) is 0 Å². The van der Waals surface area contributed by atoms with Gasteiger partial charge in [-0.1, -0.05) is 25.3 Å². The van der Waals surface area contributed by atoms with Crippen molar-refractivity contribution in [2.24, 2.45) is 5.92 Å². The van der Waals surface area contributed by atoms with Crippen molar-refractivity contribution in [3.05, 3.63) is 11.1 Å². The van der Waals surface area contributed by atoms with Crippen molar-refractivity contribution in [1.29, 1.82) is 0 Å². The van der Waals surface area contributed by atoms with Gasteiger partial charge in [0.05, 0.1) is 20.1 Å². The summed E-state index contributed by atoms with van der Waals surface area (Å²) < 4.78 is 1.36. The summed E-state index contributed by atoms with van der Waals surface area (Å²) in [5, 5.41) is 0. The van der Waals surface area contributed by atoms with E-state index in [0.717, 1.165) is 5.92 Å². The molecule has 1 fully saturated rings. The molecule has 1 saturated heterocycles. The molecule has 3 atom stereocenters. The van der Waals surface area contributed by atoms with Crippen LogP contribution < -0.4 is 24.0 Å². The summed E-state index contributed by atoms with van der Waals surface area (Å²) in [5.74, 6) is 1.00. The van der Waals surface area contributed by atoms with Gasteiger partial charge in [0.25, 0.3) is 0 Å². The number of hydrogen-bond donors (Lipinski definition) is 0. The second-order valence-corrected chi connectivity index (χ2v) is 7.81. The maximum Gasteiger partial charge on any atom is 0.118 e. The Morgan fingerprint density at radius 1 is 1.25 bits per heavy atom. The van der Waals surface area contributed by atoms with Crippen molar-refractivity contribution in [2.75, 3.05) is 20.1 Å². The van der Waals surface area contributed by atoms with E-state index >= 15 is 0 Å². The predicted octanol–water partition coefficient (Wildman–Crippen LogP) is 1.68. The summed E-state index contributed by atoms with van der Waals surface area (Å²) in [6.45, 7) is 7.80. The molecule has 3 rings (SSSR count). The largest absolute Gasteiger partial charge is 1.00 e. The summed E-state index contributed by atoms with van der Waals surface area (Å²) in [5.41, 5.74) is 4.27. The van der Waals surface area contributed by atoms with Gasteiger partial charge in [0.1, 0.15) is 5.54 Å². The van der Waals surface area contributed by atoms with E-state index in [1.807, 2.05) is 11.1 Å². The van der Waals surface area contributed by atoms with E-state index in [1.165, 1.54) is 75.4 Å². The van der Waals surface area contributed by atoms with Crippen molar-refractivity contribution >= 4 is 0 Å². The maximum absolute atomic E-state index is 2.60. The van der Waals surface area contributed by atoms with Crippen LogP contribution in [0.1, 0.15) is 71.6 Å². The zero-order chi connectivity index (χ0) is 13.5. The average Bonchev–Trinajstić information content (AvgIpc) is 2.87. The van der Waals surface area contributed by atoms with Crippen LogP contribution in [-0.4, -0.2) is 30.2 Å². The number of nitrogens with zero attached hydrogens (tertiary/aromatic N) is 1. The standard InChI is InChI=1S/C18H32N.HI/c1-4-5-7-15-10-12-18(2)17-9-6-8-16(17)11-13-19(18,3)14-15;/h15H,4-14H2,1-3H3;1H/q+1;/p-1/t15?,18-,19?;/m1./s1. The van der Waals surface area contributed by atoms with E-state index in [1.54, 1.807) is 0 Å². The summed E-state index contributed by atoms with van der Waals surface area (Å²) >= 11 is 0. The van der Waals surface area contributed by atoms with E-state index in [0.29, 0.717) is 5.54 Å². The fourth-order valence-corrected chi connectivity index (χ4v) is 5.27. The van der Waals surface area contributed by atoms with Gasteiger partial charge in [-0.2, -0.15) is 0 Å². The molecule has 2 aliphatic heterocycles. The number of piperidine rings is 1. The Morgan fingerprint density at radius 2 is 2.05 bits per heavy atom. The second kappa shape index (κ2) is 6.28. The topological polar surface area (TPSA) is 0 Å². The van der Waals surface area contributed by atoms with Crippen LogP contribution in [0.25, 0.3) is 0 Å². The molecule has 20 heavy (non-hydrogen) atoms. The first kappa shape index (κ1) is 16.8. The van der Waals surface area contributed by atoms with Gasteiger partial charge in [0, 0.05) is 18.8 Å². The molecule has 3 aliphatic rings. The zero-order valence-electron chi connectivity index (χ0n) is 13.7. The Balaban J connectivity index is 0.00000147. The minimum Gasteiger partial charge on any atom is -1.00 e. The molecule has 0 radical (unpaired) electrons. The number of fused-ring (bicyclic) bond motifs is 2. The lowest BCUT2D eigenvalue weighted by molar-refractivity contribution is -0.961. The number of quaternary nitrogens is 1. The third-order valence-corrected chi connectivity index (χ3v) is 6.75. The Labute approximate surface area is 142 Å². The summed E-state index contributed by atoms with van der Waals surface area (Å²) in [6, 6.07) is 0. The number of unbranched alkanes of at least 4 members (excludes halogenated alkanes) is 1.